The van der Waals surface area contributed by atoms with Gasteiger partial charge in [0.1, 0.15) is 0 Å². The lowest BCUT2D eigenvalue weighted by molar-refractivity contribution is -0.116. The first-order valence-electron chi connectivity index (χ1n) is 7.67. The van der Waals surface area contributed by atoms with E-state index in [-0.39, 0.29) is 24.4 Å². The van der Waals surface area contributed by atoms with E-state index in [9.17, 15) is 4.79 Å². The van der Waals surface area contributed by atoms with E-state index in [0.717, 1.165) is 23.9 Å². The highest BCUT2D eigenvalue weighted by Gasteiger charge is 2.23. The largest absolute Gasteiger partial charge is 0.327 e. The number of benzene rings is 1. The molecule has 3 N–H and O–H groups in total. The molecule has 0 spiro atoms. The lowest BCUT2D eigenvalue weighted by Gasteiger charge is -2.16. The minimum absolute atomic E-state index is 0. The van der Waals surface area contributed by atoms with Gasteiger partial charge in [0, 0.05) is 18.5 Å². The molecule has 1 aromatic heterocycles. The van der Waals surface area contributed by atoms with Crippen LogP contribution in [0.2, 0.25) is 0 Å². The van der Waals surface area contributed by atoms with Crippen molar-refractivity contribution >= 4 is 35.3 Å². The smallest absolute Gasteiger partial charge is 0.228 e. The second kappa shape index (κ2) is 7.11. The summed E-state index contributed by atoms with van der Waals surface area (Å²) >= 11 is 0. The third-order valence-electron chi connectivity index (χ3n) is 4.04. The van der Waals surface area contributed by atoms with Gasteiger partial charge in [-0.05, 0) is 31.9 Å². The number of carbonyl (C=O) groups is 1. The molecule has 0 radical (unpaired) electrons. The molecule has 22 heavy (non-hydrogen) atoms. The lowest BCUT2D eigenvalue weighted by atomic mass is 10.2. The van der Waals surface area contributed by atoms with E-state index in [4.69, 9.17) is 5.73 Å². The predicted molar refractivity (Wildman–Crippen MR) is 91.4 cm³/mol. The fourth-order valence-electron chi connectivity index (χ4n) is 3.13. The van der Waals surface area contributed by atoms with Gasteiger partial charge in [-0.2, -0.15) is 0 Å². The fourth-order valence-corrected chi connectivity index (χ4v) is 3.13. The van der Waals surface area contributed by atoms with Gasteiger partial charge in [0.15, 0.2) is 0 Å². The highest BCUT2D eigenvalue weighted by atomic mass is 35.5. The van der Waals surface area contributed by atoms with Crippen molar-refractivity contribution in [3.8, 4) is 0 Å². The molecule has 3 rings (SSSR count). The molecule has 0 bridgehead atoms. The number of halogens is 1. The molecule has 5 nitrogen and oxygen atoms in total. The molecule has 1 aromatic carbocycles. The average molecular weight is 323 g/mol. The fraction of sp³-hybridized carbons (Fsp3) is 0.500. The van der Waals surface area contributed by atoms with Crippen LogP contribution in [0.1, 0.15) is 45.1 Å². The lowest BCUT2D eigenvalue weighted by Crippen LogP contribution is -2.25. The molecule has 2 aromatic rings. The third-order valence-corrected chi connectivity index (χ3v) is 4.04. The van der Waals surface area contributed by atoms with Crippen LogP contribution in [0, 0.1) is 0 Å². The van der Waals surface area contributed by atoms with Crippen molar-refractivity contribution in [3.05, 3.63) is 24.3 Å². The van der Waals surface area contributed by atoms with Crippen molar-refractivity contribution in [2.75, 3.05) is 5.32 Å². The first-order chi connectivity index (χ1) is 10.1. The van der Waals surface area contributed by atoms with Crippen LogP contribution in [-0.4, -0.2) is 21.5 Å². The Morgan fingerprint density at radius 1 is 1.41 bits per heavy atom. The van der Waals surface area contributed by atoms with Gasteiger partial charge in [-0.25, -0.2) is 4.98 Å². The number of hydrogen-bond donors (Lipinski definition) is 2. The third kappa shape index (κ3) is 3.42. The molecule has 1 heterocycles. The van der Waals surface area contributed by atoms with Crippen molar-refractivity contribution in [2.24, 2.45) is 5.73 Å². The molecular weight excluding hydrogens is 300 g/mol. The van der Waals surface area contributed by atoms with Crippen molar-refractivity contribution in [2.45, 2.75) is 51.1 Å². The second-order valence-electron chi connectivity index (χ2n) is 5.96. The highest BCUT2D eigenvalue weighted by molar-refractivity contribution is 5.91. The number of aromatic nitrogens is 2. The quantitative estimate of drug-likeness (QED) is 0.907. The zero-order chi connectivity index (χ0) is 14.8. The van der Waals surface area contributed by atoms with Crippen LogP contribution in [-0.2, 0) is 4.79 Å². The van der Waals surface area contributed by atoms with E-state index >= 15 is 0 Å². The number of imidazole rings is 1. The number of fused-ring (bicyclic) bond motifs is 1. The molecule has 1 fully saturated rings. The van der Waals surface area contributed by atoms with Crippen molar-refractivity contribution in [3.63, 3.8) is 0 Å². The summed E-state index contributed by atoms with van der Waals surface area (Å²) in [5, 5.41) is 2.94. The van der Waals surface area contributed by atoms with E-state index in [0.29, 0.717) is 18.4 Å². The number of amides is 1. The average Bonchev–Trinajstić information content (AvgIpc) is 3.03. The van der Waals surface area contributed by atoms with Gasteiger partial charge in [0.25, 0.3) is 0 Å². The molecule has 120 valence electrons. The first kappa shape index (κ1) is 16.8. The summed E-state index contributed by atoms with van der Waals surface area (Å²) in [6.07, 6.45) is 5.09. The van der Waals surface area contributed by atoms with E-state index in [1.807, 2.05) is 25.1 Å². The Balaban J connectivity index is 0.00000176. The number of carbonyl (C=O) groups excluding carboxylic acids is 1. The molecule has 1 aliphatic carbocycles. The van der Waals surface area contributed by atoms with E-state index in [1.54, 1.807) is 0 Å². The van der Waals surface area contributed by atoms with Crippen LogP contribution in [0.4, 0.5) is 5.95 Å². The monoisotopic (exact) mass is 322 g/mol. The van der Waals surface area contributed by atoms with Gasteiger partial charge in [0.05, 0.1) is 11.0 Å². The van der Waals surface area contributed by atoms with Crippen molar-refractivity contribution < 1.29 is 4.79 Å². The maximum atomic E-state index is 12.0. The summed E-state index contributed by atoms with van der Waals surface area (Å²) < 4.78 is 2.20. The minimum atomic E-state index is -0.144. The van der Waals surface area contributed by atoms with Crippen LogP contribution in [0.25, 0.3) is 11.0 Å². The Morgan fingerprint density at radius 3 is 2.77 bits per heavy atom. The number of hydrogen-bond acceptors (Lipinski definition) is 3. The Morgan fingerprint density at radius 2 is 2.09 bits per heavy atom. The standard InChI is InChI=1S/C16H22N4O.ClH/c1-11(17)10-15(21)19-16-18-13-8-4-5-9-14(13)20(16)12-6-2-3-7-12;/h4-5,8-9,11-12H,2-3,6-7,10,17H2,1H3,(H,18,19,21);1H. The van der Waals surface area contributed by atoms with Gasteiger partial charge < -0.3 is 10.3 Å². The van der Waals surface area contributed by atoms with E-state index in [1.165, 1.54) is 12.8 Å². The Labute approximate surface area is 136 Å². The molecular formula is C16H23ClN4O. The second-order valence-corrected chi connectivity index (χ2v) is 5.96. The minimum Gasteiger partial charge on any atom is -0.327 e. The summed E-state index contributed by atoms with van der Waals surface area (Å²) in [6.45, 7) is 1.83. The molecule has 1 saturated carbocycles. The summed E-state index contributed by atoms with van der Waals surface area (Å²) in [5.74, 6) is 0.591. The van der Waals surface area contributed by atoms with Gasteiger partial charge in [0.2, 0.25) is 11.9 Å². The summed E-state index contributed by atoms with van der Waals surface area (Å²) in [6, 6.07) is 8.34. The van der Waals surface area contributed by atoms with Gasteiger partial charge in [-0.1, -0.05) is 25.0 Å². The number of nitrogens with two attached hydrogens (primary N) is 1. The maximum absolute atomic E-state index is 12.0. The molecule has 0 saturated heterocycles. The summed E-state index contributed by atoms with van der Waals surface area (Å²) in [5.41, 5.74) is 7.72. The van der Waals surface area contributed by atoms with Crippen molar-refractivity contribution in [1.29, 1.82) is 0 Å². The van der Waals surface area contributed by atoms with E-state index < -0.39 is 0 Å². The number of anilines is 1. The van der Waals surface area contributed by atoms with Crippen LogP contribution in [0.15, 0.2) is 24.3 Å². The van der Waals surface area contributed by atoms with E-state index in [2.05, 4.69) is 20.9 Å². The molecule has 1 aliphatic rings. The zero-order valence-electron chi connectivity index (χ0n) is 12.8. The number of rotatable bonds is 4. The predicted octanol–water partition coefficient (Wildman–Crippen LogP) is 3.25. The Kier molecular flexibility index (Phi) is 5.42. The van der Waals surface area contributed by atoms with Gasteiger partial charge >= 0.3 is 0 Å². The topological polar surface area (TPSA) is 72.9 Å². The number of nitrogens with zero attached hydrogens (tertiary/aromatic N) is 2. The van der Waals surface area contributed by atoms with Crippen LogP contribution in [0.5, 0.6) is 0 Å². The number of para-hydroxylation sites is 2. The SMILES string of the molecule is CC(N)CC(=O)Nc1nc2ccccc2n1C1CCCC1.Cl. The summed E-state index contributed by atoms with van der Waals surface area (Å²) in [4.78, 5) is 16.6. The molecule has 1 unspecified atom stereocenters. The zero-order valence-corrected chi connectivity index (χ0v) is 13.6. The molecule has 1 atom stereocenters. The highest BCUT2D eigenvalue weighted by Crippen LogP contribution is 2.35. The number of nitrogens with one attached hydrogen (secondary N) is 1. The van der Waals surface area contributed by atoms with Crippen LogP contribution in [0.3, 0.4) is 0 Å². The Hall–Kier alpha value is -1.59. The first-order valence-corrected chi connectivity index (χ1v) is 7.67. The van der Waals surface area contributed by atoms with Gasteiger partial charge in [-0.3, -0.25) is 10.1 Å². The Bertz CT molecular complexity index is 647. The summed E-state index contributed by atoms with van der Waals surface area (Å²) in [7, 11) is 0. The van der Waals surface area contributed by atoms with Gasteiger partial charge in [-0.15, -0.1) is 12.4 Å². The molecule has 6 heteroatoms. The normalized spacial score (nSPS) is 16.5. The molecule has 1 amide bonds. The maximum Gasteiger partial charge on any atom is 0.228 e. The van der Waals surface area contributed by atoms with Crippen LogP contribution >= 0.6 is 12.4 Å². The van der Waals surface area contributed by atoms with Crippen LogP contribution < -0.4 is 11.1 Å². The molecule has 0 aliphatic heterocycles. The van der Waals surface area contributed by atoms with Crippen molar-refractivity contribution in [1.82, 2.24) is 9.55 Å².